The minimum absolute atomic E-state index is 0.00905. The topological polar surface area (TPSA) is 66.9 Å². The Hall–Kier alpha value is -2.28. The highest BCUT2D eigenvalue weighted by atomic mass is 19.1. The molecule has 0 aromatic heterocycles. The zero-order valence-electron chi connectivity index (χ0n) is 11.2. The number of nitrogens with zero attached hydrogens (tertiary/aromatic N) is 2. The zero-order valence-corrected chi connectivity index (χ0v) is 11.2. The molecule has 3 rings (SSSR count). The second kappa shape index (κ2) is 5.25. The van der Waals surface area contributed by atoms with Gasteiger partial charge < -0.3 is 9.64 Å². The molecule has 0 bridgehead atoms. The molecular weight excluding hydrogens is 279 g/mol. The van der Waals surface area contributed by atoms with E-state index in [1.807, 2.05) is 0 Å². The highest BCUT2D eigenvalue weighted by Gasteiger charge is 2.37. The van der Waals surface area contributed by atoms with Crippen LogP contribution in [0.4, 0.5) is 10.1 Å². The number of morpholine rings is 1. The maximum absolute atomic E-state index is 13.2. The van der Waals surface area contributed by atoms with Crippen molar-refractivity contribution in [2.75, 3.05) is 37.7 Å². The van der Waals surface area contributed by atoms with Gasteiger partial charge in [0, 0.05) is 13.1 Å². The van der Waals surface area contributed by atoms with Crippen molar-refractivity contribution in [1.29, 1.82) is 0 Å². The molecule has 21 heavy (non-hydrogen) atoms. The van der Waals surface area contributed by atoms with E-state index >= 15 is 0 Å². The summed E-state index contributed by atoms with van der Waals surface area (Å²) in [6.45, 7) is 1.63. The van der Waals surface area contributed by atoms with E-state index in [1.54, 1.807) is 4.90 Å². The molecule has 0 radical (unpaired) electrons. The van der Waals surface area contributed by atoms with Crippen LogP contribution in [0.15, 0.2) is 18.2 Å². The number of fused-ring (bicyclic) bond motifs is 1. The highest BCUT2D eigenvalue weighted by Crippen LogP contribution is 2.29. The smallest absolute Gasteiger partial charge is 0.299 e. The Morgan fingerprint density at radius 3 is 2.67 bits per heavy atom. The van der Waals surface area contributed by atoms with Crippen molar-refractivity contribution in [2.45, 2.75) is 0 Å². The van der Waals surface area contributed by atoms with Crippen LogP contribution in [0, 0.1) is 5.82 Å². The first-order valence-corrected chi connectivity index (χ1v) is 6.59. The van der Waals surface area contributed by atoms with Gasteiger partial charge >= 0.3 is 0 Å². The Kier molecular flexibility index (Phi) is 3.42. The van der Waals surface area contributed by atoms with Gasteiger partial charge in [-0.05, 0) is 18.2 Å². The molecule has 7 heteroatoms. The molecule has 2 amide bonds. The summed E-state index contributed by atoms with van der Waals surface area (Å²) >= 11 is 0. The Morgan fingerprint density at radius 2 is 1.95 bits per heavy atom. The molecule has 0 N–H and O–H groups in total. The fraction of sp³-hybridized carbons (Fsp3) is 0.357. The van der Waals surface area contributed by atoms with E-state index in [0.29, 0.717) is 26.3 Å². The van der Waals surface area contributed by atoms with E-state index in [2.05, 4.69) is 0 Å². The quantitative estimate of drug-likeness (QED) is 0.731. The van der Waals surface area contributed by atoms with Gasteiger partial charge in [-0.15, -0.1) is 0 Å². The van der Waals surface area contributed by atoms with E-state index in [4.69, 9.17) is 4.74 Å². The van der Waals surface area contributed by atoms with Gasteiger partial charge in [-0.1, -0.05) is 0 Å². The third-order valence-electron chi connectivity index (χ3n) is 3.59. The number of carbonyl (C=O) groups is 3. The molecule has 2 aliphatic rings. The van der Waals surface area contributed by atoms with Crippen LogP contribution in [0.2, 0.25) is 0 Å². The van der Waals surface area contributed by atoms with Crippen molar-refractivity contribution in [3.05, 3.63) is 29.6 Å². The third-order valence-corrected chi connectivity index (χ3v) is 3.59. The highest BCUT2D eigenvalue weighted by molar-refractivity contribution is 6.52. The normalized spacial score (nSPS) is 18.1. The molecule has 0 aliphatic carbocycles. The summed E-state index contributed by atoms with van der Waals surface area (Å²) in [7, 11) is 0. The predicted octanol–water partition coefficient (Wildman–Crippen LogP) is 0.214. The molecule has 6 nitrogen and oxygen atoms in total. The molecule has 2 aliphatic heterocycles. The standard InChI is InChI=1S/C14H13FN2O4/c15-9-1-2-11-10(7-9)13(19)14(20)17(11)8-12(18)16-3-5-21-6-4-16/h1-2,7H,3-6,8H2. The molecule has 1 fully saturated rings. The number of rotatable bonds is 2. The van der Waals surface area contributed by atoms with Crippen LogP contribution in [-0.2, 0) is 14.3 Å². The molecule has 0 atom stereocenters. The summed E-state index contributed by atoms with van der Waals surface area (Å²) in [6, 6.07) is 3.53. The van der Waals surface area contributed by atoms with Gasteiger partial charge in [0.1, 0.15) is 12.4 Å². The molecular formula is C14H13FN2O4. The van der Waals surface area contributed by atoms with Crippen molar-refractivity contribution in [2.24, 2.45) is 0 Å². The Bertz CT molecular complexity index is 625. The SMILES string of the molecule is O=C1C(=O)N(CC(=O)N2CCOCC2)c2ccc(F)cc21. The second-order valence-electron chi connectivity index (χ2n) is 4.88. The van der Waals surface area contributed by atoms with Gasteiger partial charge in [-0.25, -0.2) is 4.39 Å². The number of amides is 2. The minimum atomic E-state index is -0.794. The van der Waals surface area contributed by atoms with Gasteiger partial charge in [0.25, 0.3) is 11.7 Å². The third kappa shape index (κ3) is 2.40. The molecule has 0 spiro atoms. The second-order valence-corrected chi connectivity index (χ2v) is 4.88. The van der Waals surface area contributed by atoms with Crippen LogP contribution in [0.3, 0.4) is 0 Å². The molecule has 2 heterocycles. The Labute approximate surface area is 120 Å². The van der Waals surface area contributed by atoms with Gasteiger partial charge in [-0.2, -0.15) is 0 Å². The molecule has 110 valence electrons. The summed E-state index contributed by atoms with van der Waals surface area (Å²) in [5, 5.41) is 0. The molecule has 1 saturated heterocycles. The lowest BCUT2D eigenvalue weighted by atomic mass is 10.1. The van der Waals surface area contributed by atoms with Crippen molar-refractivity contribution < 1.29 is 23.5 Å². The number of halogens is 1. The number of ether oxygens (including phenoxy) is 1. The maximum Gasteiger partial charge on any atom is 0.299 e. The Morgan fingerprint density at radius 1 is 1.24 bits per heavy atom. The average molecular weight is 292 g/mol. The number of ketones is 1. The number of hydrogen-bond acceptors (Lipinski definition) is 4. The van der Waals surface area contributed by atoms with Crippen molar-refractivity contribution >= 4 is 23.3 Å². The van der Waals surface area contributed by atoms with Gasteiger partial charge in [0.05, 0.1) is 24.5 Å². The predicted molar refractivity (Wildman–Crippen MR) is 70.5 cm³/mol. The van der Waals surface area contributed by atoms with E-state index in [0.717, 1.165) is 17.0 Å². The number of carbonyl (C=O) groups excluding carboxylic acids is 3. The summed E-state index contributed by atoms with van der Waals surface area (Å²) in [5.74, 6) is -2.41. The molecule has 0 unspecified atom stereocenters. The monoisotopic (exact) mass is 292 g/mol. The van der Waals surface area contributed by atoms with Crippen LogP contribution in [0.1, 0.15) is 10.4 Å². The molecule has 0 saturated carbocycles. The first-order chi connectivity index (χ1) is 10.1. The summed E-state index contributed by atoms with van der Waals surface area (Å²) < 4.78 is 18.3. The maximum atomic E-state index is 13.2. The van der Waals surface area contributed by atoms with Crippen LogP contribution in [-0.4, -0.2) is 55.3 Å². The van der Waals surface area contributed by atoms with E-state index in [-0.39, 0.29) is 23.7 Å². The van der Waals surface area contributed by atoms with Crippen molar-refractivity contribution in [3.8, 4) is 0 Å². The molecule has 1 aromatic rings. The number of anilines is 1. The van der Waals surface area contributed by atoms with Crippen LogP contribution >= 0.6 is 0 Å². The molecule has 1 aromatic carbocycles. The van der Waals surface area contributed by atoms with Gasteiger partial charge in [0.2, 0.25) is 5.91 Å². The minimum Gasteiger partial charge on any atom is -0.378 e. The van der Waals surface area contributed by atoms with E-state index < -0.39 is 17.5 Å². The lowest BCUT2D eigenvalue weighted by molar-refractivity contribution is -0.134. The fourth-order valence-electron chi connectivity index (χ4n) is 2.48. The number of hydrogen-bond donors (Lipinski definition) is 0. The Balaban J connectivity index is 1.81. The summed E-state index contributed by atoms with van der Waals surface area (Å²) in [5.41, 5.74) is 0.294. The van der Waals surface area contributed by atoms with Crippen LogP contribution in [0.5, 0.6) is 0 Å². The summed E-state index contributed by atoms with van der Waals surface area (Å²) in [6.07, 6.45) is 0. The number of benzene rings is 1. The van der Waals surface area contributed by atoms with Gasteiger partial charge in [0.15, 0.2) is 0 Å². The van der Waals surface area contributed by atoms with E-state index in [1.165, 1.54) is 6.07 Å². The average Bonchev–Trinajstić information content (AvgIpc) is 2.73. The fourth-order valence-corrected chi connectivity index (χ4v) is 2.48. The van der Waals surface area contributed by atoms with Crippen molar-refractivity contribution in [3.63, 3.8) is 0 Å². The zero-order chi connectivity index (χ0) is 15.0. The van der Waals surface area contributed by atoms with E-state index in [9.17, 15) is 18.8 Å². The van der Waals surface area contributed by atoms with Crippen LogP contribution < -0.4 is 4.90 Å². The largest absolute Gasteiger partial charge is 0.378 e. The lowest BCUT2D eigenvalue weighted by Crippen LogP contribution is -2.46. The first kappa shape index (κ1) is 13.7. The summed E-state index contributed by atoms with van der Waals surface area (Å²) in [4.78, 5) is 38.6. The van der Waals surface area contributed by atoms with Crippen molar-refractivity contribution in [1.82, 2.24) is 4.90 Å². The first-order valence-electron chi connectivity index (χ1n) is 6.59. The van der Waals surface area contributed by atoms with Crippen LogP contribution in [0.25, 0.3) is 0 Å². The lowest BCUT2D eigenvalue weighted by Gasteiger charge is -2.28. The number of Topliss-reactive ketones (excluding diaryl/α,β-unsaturated/α-hetero) is 1. The van der Waals surface area contributed by atoms with Gasteiger partial charge in [-0.3, -0.25) is 19.3 Å².